The van der Waals surface area contributed by atoms with Crippen molar-refractivity contribution in [3.63, 3.8) is 0 Å². The lowest BCUT2D eigenvalue weighted by molar-refractivity contribution is 0.179. The van der Waals surface area contributed by atoms with Crippen LogP contribution in [0.3, 0.4) is 0 Å². The lowest BCUT2D eigenvalue weighted by Gasteiger charge is -2.12. The molecule has 6 nitrogen and oxygen atoms in total. The van der Waals surface area contributed by atoms with Gasteiger partial charge in [-0.3, -0.25) is 0 Å². The van der Waals surface area contributed by atoms with Crippen LogP contribution in [-0.4, -0.2) is 35.3 Å². The van der Waals surface area contributed by atoms with Gasteiger partial charge < -0.3 is 20.4 Å². The molecule has 1 aromatic carbocycles. The average Bonchev–Trinajstić information content (AvgIpc) is 2.72. The van der Waals surface area contributed by atoms with Gasteiger partial charge in [-0.05, 0) is 25.1 Å². The van der Waals surface area contributed by atoms with Gasteiger partial charge in [0.25, 0.3) is 0 Å². The molecule has 1 atom stereocenters. The van der Waals surface area contributed by atoms with E-state index in [1.165, 1.54) is 0 Å². The molecule has 114 valence electrons. The molecule has 0 saturated carbocycles. The standard InChI is InChI=1S/C14H20ClN5O/c1-9(8-21-3)18-14(16)17-7-13-19-11-6-10(15)4-5-12(11)20(13)2/h4-6,9H,7-8H2,1-3H3,(H3,16,17,18). The van der Waals surface area contributed by atoms with Gasteiger partial charge in [-0.25, -0.2) is 9.98 Å². The van der Waals surface area contributed by atoms with Crippen molar-refractivity contribution in [1.82, 2.24) is 14.9 Å². The number of hydrogen-bond acceptors (Lipinski definition) is 3. The summed E-state index contributed by atoms with van der Waals surface area (Å²) in [5.74, 6) is 1.21. The Morgan fingerprint density at radius 2 is 2.33 bits per heavy atom. The molecule has 0 radical (unpaired) electrons. The highest BCUT2D eigenvalue weighted by atomic mass is 35.5. The predicted molar refractivity (Wildman–Crippen MR) is 85.5 cm³/mol. The van der Waals surface area contributed by atoms with Crippen molar-refractivity contribution in [3.05, 3.63) is 29.0 Å². The number of halogens is 1. The maximum Gasteiger partial charge on any atom is 0.189 e. The largest absolute Gasteiger partial charge is 0.383 e. The van der Waals surface area contributed by atoms with Gasteiger partial charge in [0.05, 0.1) is 17.6 Å². The molecule has 21 heavy (non-hydrogen) atoms. The van der Waals surface area contributed by atoms with E-state index in [-0.39, 0.29) is 6.04 Å². The molecule has 1 aromatic heterocycles. The molecule has 2 aromatic rings. The molecule has 0 fully saturated rings. The second kappa shape index (κ2) is 6.78. The number of hydrogen-bond donors (Lipinski definition) is 2. The summed E-state index contributed by atoms with van der Waals surface area (Å²) in [4.78, 5) is 8.83. The van der Waals surface area contributed by atoms with Gasteiger partial charge in [0.15, 0.2) is 5.96 Å². The third-order valence-electron chi connectivity index (χ3n) is 3.14. The monoisotopic (exact) mass is 309 g/mol. The highest BCUT2D eigenvalue weighted by Gasteiger charge is 2.08. The van der Waals surface area contributed by atoms with Crippen molar-refractivity contribution in [2.45, 2.75) is 19.5 Å². The lowest BCUT2D eigenvalue weighted by Crippen LogP contribution is -2.40. The van der Waals surface area contributed by atoms with E-state index < -0.39 is 0 Å². The molecule has 1 heterocycles. The lowest BCUT2D eigenvalue weighted by atomic mass is 10.3. The molecule has 0 aliphatic rings. The maximum atomic E-state index is 5.98. The molecular formula is C14H20ClN5O. The van der Waals surface area contributed by atoms with Crippen molar-refractivity contribution in [3.8, 4) is 0 Å². The zero-order chi connectivity index (χ0) is 15.4. The quantitative estimate of drug-likeness (QED) is 0.650. The molecule has 0 bridgehead atoms. The molecule has 0 spiro atoms. The van der Waals surface area contributed by atoms with Gasteiger partial charge >= 0.3 is 0 Å². The van der Waals surface area contributed by atoms with E-state index >= 15 is 0 Å². The number of aryl methyl sites for hydroxylation is 1. The minimum absolute atomic E-state index is 0.109. The second-order valence-corrected chi connectivity index (χ2v) is 5.36. The van der Waals surface area contributed by atoms with Crippen molar-refractivity contribution in [1.29, 1.82) is 0 Å². The number of rotatable bonds is 5. The number of benzene rings is 1. The van der Waals surface area contributed by atoms with Crippen LogP contribution in [0, 0.1) is 0 Å². The Bertz CT molecular complexity index is 652. The smallest absolute Gasteiger partial charge is 0.189 e. The van der Waals surface area contributed by atoms with Crippen LogP contribution in [0.5, 0.6) is 0 Å². The van der Waals surface area contributed by atoms with E-state index in [4.69, 9.17) is 22.1 Å². The summed E-state index contributed by atoms with van der Waals surface area (Å²) in [5.41, 5.74) is 7.72. The van der Waals surface area contributed by atoms with E-state index in [9.17, 15) is 0 Å². The van der Waals surface area contributed by atoms with Crippen LogP contribution in [0.4, 0.5) is 0 Å². The highest BCUT2D eigenvalue weighted by molar-refractivity contribution is 6.31. The number of ether oxygens (including phenoxy) is 1. The summed E-state index contributed by atoms with van der Waals surface area (Å²) in [7, 11) is 3.60. The Morgan fingerprint density at radius 3 is 3.05 bits per heavy atom. The summed E-state index contributed by atoms with van der Waals surface area (Å²) in [5, 5.41) is 3.73. The zero-order valence-electron chi connectivity index (χ0n) is 12.4. The first-order valence-electron chi connectivity index (χ1n) is 6.67. The highest BCUT2D eigenvalue weighted by Crippen LogP contribution is 2.19. The minimum atomic E-state index is 0.109. The van der Waals surface area contributed by atoms with Crippen LogP contribution in [0.15, 0.2) is 23.2 Å². The topological polar surface area (TPSA) is 77.5 Å². The van der Waals surface area contributed by atoms with E-state index in [0.717, 1.165) is 16.9 Å². The Morgan fingerprint density at radius 1 is 1.57 bits per heavy atom. The third-order valence-corrected chi connectivity index (χ3v) is 3.37. The molecule has 0 aliphatic carbocycles. The van der Waals surface area contributed by atoms with Crippen LogP contribution >= 0.6 is 11.6 Å². The third kappa shape index (κ3) is 3.86. The molecule has 0 aliphatic heterocycles. The maximum absolute atomic E-state index is 5.98. The molecule has 3 N–H and O–H groups in total. The SMILES string of the molecule is COCC(C)NC(N)=NCc1nc2cc(Cl)ccc2n1C. The van der Waals surface area contributed by atoms with Crippen LogP contribution in [-0.2, 0) is 18.3 Å². The molecule has 7 heteroatoms. The Hall–Kier alpha value is -1.79. The van der Waals surface area contributed by atoms with E-state index in [1.807, 2.05) is 36.7 Å². The fourth-order valence-electron chi connectivity index (χ4n) is 2.11. The minimum Gasteiger partial charge on any atom is -0.383 e. The van der Waals surface area contributed by atoms with Crippen molar-refractivity contribution in [2.75, 3.05) is 13.7 Å². The number of nitrogens with two attached hydrogens (primary N) is 1. The molecule has 0 amide bonds. The zero-order valence-corrected chi connectivity index (χ0v) is 13.2. The predicted octanol–water partition coefficient (Wildman–Crippen LogP) is 1.67. The van der Waals surface area contributed by atoms with Crippen LogP contribution < -0.4 is 11.1 Å². The van der Waals surface area contributed by atoms with Crippen molar-refractivity contribution in [2.24, 2.45) is 17.8 Å². The van der Waals surface area contributed by atoms with Crippen molar-refractivity contribution < 1.29 is 4.74 Å². The van der Waals surface area contributed by atoms with E-state index in [0.29, 0.717) is 24.1 Å². The fraction of sp³-hybridized carbons (Fsp3) is 0.429. The van der Waals surface area contributed by atoms with Gasteiger partial charge in [-0.1, -0.05) is 11.6 Å². The first kappa shape index (κ1) is 15.6. The van der Waals surface area contributed by atoms with Crippen LogP contribution in [0.25, 0.3) is 11.0 Å². The number of aliphatic imine (C=N–C) groups is 1. The number of fused-ring (bicyclic) bond motifs is 1. The Labute approximate surface area is 129 Å². The summed E-state index contributed by atoms with van der Waals surface area (Å²) in [6.07, 6.45) is 0. The van der Waals surface area contributed by atoms with E-state index in [1.54, 1.807) is 7.11 Å². The number of nitrogens with one attached hydrogen (secondary N) is 1. The molecule has 0 saturated heterocycles. The Kier molecular flexibility index (Phi) is 5.03. The first-order valence-corrected chi connectivity index (χ1v) is 7.05. The Balaban J connectivity index is 2.11. The van der Waals surface area contributed by atoms with E-state index in [2.05, 4.69) is 15.3 Å². The summed E-state index contributed by atoms with van der Waals surface area (Å²) in [6, 6.07) is 5.74. The average molecular weight is 310 g/mol. The van der Waals surface area contributed by atoms with Gasteiger partial charge in [-0.2, -0.15) is 0 Å². The fourth-order valence-corrected chi connectivity index (χ4v) is 2.28. The van der Waals surface area contributed by atoms with Gasteiger partial charge in [0, 0.05) is 25.2 Å². The first-order chi connectivity index (χ1) is 10.0. The van der Waals surface area contributed by atoms with Crippen LogP contribution in [0.2, 0.25) is 5.02 Å². The van der Waals surface area contributed by atoms with Gasteiger partial charge in [-0.15, -0.1) is 0 Å². The second-order valence-electron chi connectivity index (χ2n) is 4.92. The molecule has 1 unspecified atom stereocenters. The van der Waals surface area contributed by atoms with Gasteiger partial charge in [0.2, 0.25) is 0 Å². The normalized spacial score (nSPS) is 13.6. The number of aromatic nitrogens is 2. The number of guanidine groups is 1. The molecule has 2 rings (SSSR count). The number of methoxy groups -OCH3 is 1. The number of nitrogens with zero attached hydrogens (tertiary/aromatic N) is 3. The summed E-state index contributed by atoms with van der Waals surface area (Å²) in [6.45, 7) is 2.95. The summed E-state index contributed by atoms with van der Waals surface area (Å²) >= 11 is 5.98. The summed E-state index contributed by atoms with van der Waals surface area (Å²) < 4.78 is 7.02. The van der Waals surface area contributed by atoms with Crippen LogP contribution in [0.1, 0.15) is 12.7 Å². The van der Waals surface area contributed by atoms with Gasteiger partial charge in [0.1, 0.15) is 12.4 Å². The van der Waals surface area contributed by atoms with Crippen molar-refractivity contribution >= 4 is 28.6 Å². The number of imidazole rings is 1. The molecular weight excluding hydrogens is 290 g/mol.